The van der Waals surface area contributed by atoms with E-state index in [-0.39, 0.29) is 19.1 Å². The van der Waals surface area contributed by atoms with Gasteiger partial charge in [0.15, 0.2) is 0 Å². The highest BCUT2D eigenvalue weighted by atomic mass is 31.2. The fraction of sp³-hybridized carbons (Fsp3) is 0.825. The lowest BCUT2D eigenvalue weighted by atomic mass is 10.1. The van der Waals surface area contributed by atoms with Gasteiger partial charge in [0.25, 0.3) is 0 Å². The molecule has 0 saturated carbocycles. The van der Waals surface area contributed by atoms with Crippen molar-refractivity contribution >= 4 is 13.7 Å². The first kappa shape index (κ1) is 47.7. The number of nitrogens with zero attached hydrogens (tertiary/aromatic N) is 1. The third kappa shape index (κ3) is 34.9. The number of rotatable bonds is 35. The van der Waals surface area contributed by atoms with Gasteiger partial charge in [0, 0.05) is 6.42 Å². The molecule has 3 atom stereocenters. The molecule has 0 bridgehead atoms. The molecule has 0 radical (unpaired) electrons. The van der Waals surface area contributed by atoms with E-state index in [0.29, 0.717) is 17.4 Å². The second kappa shape index (κ2) is 32.6. The van der Waals surface area contributed by atoms with E-state index in [1.54, 1.807) is 6.08 Å². The molecular weight excluding hydrogens is 635 g/mol. The maximum Gasteiger partial charge on any atom is 0.472 e. The predicted octanol–water partition coefficient (Wildman–Crippen LogP) is 10.4. The predicted molar refractivity (Wildman–Crippen MR) is 208 cm³/mol. The van der Waals surface area contributed by atoms with Crippen molar-refractivity contribution in [3.63, 3.8) is 0 Å². The summed E-state index contributed by atoms with van der Waals surface area (Å²) in [5.41, 5.74) is 0. The zero-order chi connectivity index (χ0) is 36.5. The number of aliphatic hydroxyl groups is 1. The van der Waals surface area contributed by atoms with E-state index in [2.05, 4.69) is 43.5 Å². The van der Waals surface area contributed by atoms with Crippen LogP contribution in [0.3, 0.4) is 0 Å². The summed E-state index contributed by atoms with van der Waals surface area (Å²) in [5, 5.41) is 13.7. The zero-order valence-electron chi connectivity index (χ0n) is 32.4. The van der Waals surface area contributed by atoms with Gasteiger partial charge in [-0.05, 0) is 57.8 Å². The van der Waals surface area contributed by atoms with E-state index in [0.717, 1.165) is 38.5 Å². The van der Waals surface area contributed by atoms with Crippen LogP contribution in [0, 0.1) is 0 Å². The van der Waals surface area contributed by atoms with E-state index in [9.17, 15) is 19.4 Å². The van der Waals surface area contributed by atoms with E-state index < -0.39 is 20.0 Å². The molecule has 0 aromatic heterocycles. The van der Waals surface area contributed by atoms with Crippen LogP contribution in [0.25, 0.3) is 0 Å². The van der Waals surface area contributed by atoms with Crippen LogP contribution in [0.2, 0.25) is 0 Å². The van der Waals surface area contributed by atoms with E-state index in [1.807, 2.05) is 27.2 Å². The van der Waals surface area contributed by atoms with Gasteiger partial charge in [-0.15, -0.1) is 0 Å². The number of phosphoric ester groups is 1. The highest BCUT2D eigenvalue weighted by molar-refractivity contribution is 7.47. The van der Waals surface area contributed by atoms with Crippen molar-refractivity contribution in [1.82, 2.24) is 5.32 Å². The molecule has 0 aromatic rings. The zero-order valence-corrected chi connectivity index (χ0v) is 33.3. The van der Waals surface area contributed by atoms with Crippen LogP contribution < -0.4 is 5.32 Å². The standard InChI is InChI=1S/C40H77N2O6P/c1-6-8-10-12-14-16-18-19-20-21-22-23-24-26-28-30-32-34-40(44)41-38(37-48-49(45,46)47-36-35-42(3,4)5)39(43)33-31-29-27-25-17-15-13-11-9-7-2/h17,19-20,25,31,33,38-39,43H,6-16,18,21-24,26-30,32,34-37H2,1-5H3,(H-,41,44,45,46)/p+1/b20-19+,25-17+,33-31+/t38-,39+/m0/s1. The highest BCUT2D eigenvalue weighted by Crippen LogP contribution is 2.43. The van der Waals surface area contributed by atoms with E-state index in [4.69, 9.17) is 9.05 Å². The van der Waals surface area contributed by atoms with Crippen molar-refractivity contribution in [2.75, 3.05) is 40.9 Å². The molecule has 0 aliphatic carbocycles. The van der Waals surface area contributed by atoms with Crippen molar-refractivity contribution < 1.29 is 32.9 Å². The smallest absolute Gasteiger partial charge is 0.387 e. The average molecular weight is 714 g/mol. The maximum absolute atomic E-state index is 12.8. The number of hydrogen-bond acceptors (Lipinski definition) is 5. The number of amides is 1. The van der Waals surface area contributed by atoms with Gasteiger partial charge in [0.05, 0.1) is 39.9 Å². The molecule has 49 heavy (non-hydrogen) atoms. The lowest BCUT2D eigenvalue weighted by Gasteiger charge is -2.25. The highest BCUT2D eigenvalue weighted by Gasteiger charge is 2.27. The van der Waals surface area contributed by atoms with Crippen LogP contribution in [-0.2, 0) is 18.4 Å². The quantitative estimate of drug-likeness (QED) is 0.0261. The number of quaternary nitrogens is 1. The lowest BCUT2D eigenvalue weighted by Crippen LogP contribution is -2.45. The topological polar surface area (TPSA) is 105 Å². The van der Waals surface area contributed by atoms with Gasteiger partial charge in [-0.25, -0.2) is 4.57 Å². The Morgan fingerprint density at radius 3 is 1.65 bits per heavy atom. The number of likely N-dealkylation sites (N-methyl/N-ethyl adjacent to an activating group) is 1. The van der Waals surface area contributed by atoms with Gasteiger partial charge >= 0.3 is 7.82 Å². The Labute approximate surface area is 302 Å². The summed E-state index contributed by atoms with van der Waals surface area (Å²) < 4.78 is 23.4. The van der Waals surface area contributed by atoms with Crippen LogP contribution in [0.5, 0.6) is 0 Å². The van der Waals surface area contributed by atoms with Gasteiger partial charge in [-0.3, -0.25) is 13.8 Å². The average Bonchev–Trinajstić information content (AvgIpc) is 3.04. The second-order valence-corrected chi connectivity index (χ2v) is 16.1. The Morgan fingerprint density at radius 2 is 1.12 bits per heavy atom. The molecular formula is C40H78N2O6P+. The Balaban J connectivity index is 4.47. The van der Waals surface area contributed by atoms with Crippen LogP contribution >= 0.6 is 7.82 Å². The van der Waals surface area contributed by atoms with Crippen LogP contribution in [0.4, 0.5) is 0 Å². The number of nitrogens with one attached hydrogen (secondary N) is 1. The van der Waals surface area contributed by atoms with E-state index in [1.165, 1.54) is 103 Å². The van der Waals surface area contributed by atoms with Crippen molar-refractivity contribution in [1.29, 1.82) is 0 Å². The number of allylic oxidation sites excluding steroid dienone is 5. The number of carbonyl (C=O) groups excluding carboxylic acids is 1. The van der Waals surface area contributed by atoms with Crippen molar-refractivity contribution in [3.8, 4) is 0 Å². The van der Waals surface area contributed by atoms with Crippen LogP contribution in [-0.4, -0.2) is 73.4 Å². The Hall–Kier alpha value is -1.28. The first-order valence-electron chi connectivity index (χ1n) is 19.9. The molecule has 0 heterocycles. The molecule has 0 aliphatic heterocycles. The molecule has 0 rings (SSSR count). The molecule has 1 amide bonds. The number of aliphatic hydroxyl groups excluding tert-OH is 1. The number of unbranched alkanes of at least 4 members (excludes halogenated alkanes) is 18. The Morgan fingerprint density at radius 1 is 0.673 bits per heavy atom. The van der Waals surface area contributed by atoms with Crippen LogP contribution in [0.1, 0.15) is 162 Å². The second-order valence-electron chi connectivity index (χ2n) is 14.6. The minimum Gasteiger partial charge on any atom is -0.387 e. The molecule has 0 spiro atoms. The Bertz CT molecular complexity index is 902. The van der Waals surface area contributed by atoms with Gasteiger partial charge in [-0.1, -0.05) is 134 Å². The van der Waals surface area contributed by atoms with Gasteiger partial charge < -0.3 is 19.8 Å². The summed E-state index contributed by atoms with van der Waals surface area (Å²) in [6, 6.07) is -0.861. The van der Waals surface area contributed by atoms with E-state index >= 15 is 0 Å². The summed E-state index contributed by atoms with van der Waals surface area (Å²) in [6.07, 6.45) is 37.8. The Kier molecular flexibility index (Phi) is 31.8. The largest absolute Gasteiger partial charge is 0.472 e. The third-order valence-corrected chi connectivity index (χ3v) is 9.57. The molecule has 3 N–H and O–H groups in total. The fourth-order valence-electron chi connectivity index (χ4n) is 5.34. The minimum atomic E-state index is -4.34. The van der Waals surface area contributed by atoms with Crippen molar-refractivity contribution in [3.05, 3.63) is 36.5 Å². The molecule has 0 saturated heterocycles. The van der Waals surface area contributed by atoms with Crippen molar-refractivity contribution in [2.45, 2.75) is 174 Å². The minimum absolute atomic E-state index is 0.0548. The number of phosphoric acid groups is 1. The summed E-state index contributed by atoms with van der Waals surface area (Å²) in [5.74, 6) is -0.196. The SMILES string of the molecule is CCCCCC/C=C/CC/C=C/[C@@H](O)[C@H](COP(=O)(O)OCC[N+](C)(C)C)NC(=O)CCCCCCCCC/C=C/CCCCCCCC. The molecule has 0 aromatic carbocycles. The van der Waals surface area contributed by atoms with Crippen LogP contribution in [0.15, 0.2) is 36.5 Å². The first-order chi connectivity index (χ1) is 23.5. The van der Waals surface area contributed by atoms with Gasteiger partial charge in [0.1, 0.15) is 13.2 Å². The summed E-state index contributed by atoms with van der Waals surface area (Å²) in [7, 11) is 1.55. The molecule has 8 nitrogen and oxygen atoms in total. The summed E-state index contributed by atoms with van der Waals surface area (Å²) >= 11 is 0. The fourth-order valence-corrected chi connectivity index (χ4v) is 6.08. The van der Waals surface area contributed by atoms with Gasteiger partial charge in [-0.2, -0.15) is 0 Å². The molecule has 9 heteroatoms. The monoisotopic (exact) mass is 714 g/mol. The number of carbonyl (C=O) groups is 1. The van der Waals surface area contributed by atoms with Crippen molar-refractivity contribution in [2.24, 2.45) is 0 Å². The summed E-state index contributed by atoms with van der Waals surface area (Å²) in [6.45, 7) is 4.73. The normalized spacial score (nSPS) is 15.0. The third-order valence-electron chi connectivity index (χ3n) is 8.58. The van der Waals surface area contributed by atoms with Gasteiger partial charge in [0.2, 0.25) is 5.91 Å². The molecule has 0 aliphatic rings. The number of hydrogen-bond donors (Lipinski definition) is 3. The molecule has 288 valence electrons. The molecule has 0 fully saturated rings. The maximum atomic E-state index is 12.8. The lowest BCUT2D eigenvalue weighted by molar-refractivity contribution is -0.870. The molecule has 1 unspecified atom stereocenters. The summed E-state index contributed by atoms with van der Waals surface area (Å²) in [4.78, 5) is 23.0. The first-order valence-corrected chi connectivity index (χ1v) is 21.4.